The summed E-state index contributed by atoms with van der Waals surface area (Å²) in [5, 5.41) is 9.98. The number of hydrogen-bond acceptors (Lipinski definition) is 1. The second-order valence-corrected chi connectivity index (χ2v) is 5.61. The second-order valence-electron chi connectivity index (χ2n) is 5.18. The molecule has 21 heavy (non-hydrogen) atoms. The van der Waals surface area contributed by atoms with Crippen molar-refractivity contribution in [3.05, 3.63) is 70.7 Å². The van der Waals surface area contributed by atoms with Gasteiger partial charge in [-0.25, -0.2) is 0 Å². The van der Waals surface area contributed by atoms with Gasteiger partial charge in [0.05, 0.1) is 5.92 Å². The standard InChI is InChI=1S/C18H19ClO2/c19-16-11-6-10-15(13-16)17(18(20)21)12-5-4-9-14-7-2-1-3-8-14/h1-3,6-8,10-11,13,17H,4-5,9,12H2,(H,20,21). The van der Waals surface area contributed by atoms with Crippen LogP contribution in [0.15, 0.2) is 54.6 Å². The van der Waals surface area contributed by atoms with Crippen molar-refractivity contribution in [3.8, 4) is 0 Å². The van der Waals surface area contributed by atoms with Crippen molar-refractivity contribution in [3.63, 3.8) is 0 Å². The van der Waals surface area contributed by atoms with E-state index in [4.69, 9.17) is 11.6 Å². The smallest absolute Gasteiger partial charge is 0.310 e. The van der Waals surface area contributed by atoms with Crippen LogP contribution in [0.2, 0.25) is 5.02 Å². The van der Waals surface area contributed by atoms with Gasteiger partial charge >= 0.3 is 5.97 Å². The van der Waals surface area contributed by atoms with Gasteiger partial charge in [-0.2, -0.15) is 0 Å². The summed E-state index contributed by atoms with van der Waals surface area (Å²) in [6, 6.07) is 17.4. The molecule has 0 aliphatic heterocycles. The average Bonchev–Trinajstić information content (AvgIpc) is 2.48. The van der Waals surface area contributed by atoms with Crippen LogP contribution in [0.5, 0.6) is 0 Å². The maximum atomic E-state index is 11.4. The van der Waals surface area contributed by atoms with E-state index < -0.39 is 11.9 Å². The third-order valence-electron chi connectivity index (χ3n) is 3.60. The number of carbonyl (C=O) groups is 1. The average molecular weight is 303 g/mol. The van der Waals surface area contributed by atoms with Crippen molar-refractivity contribution >= 4 is 17.6 Å². The zero-order valence-electron chi connectivity index (χ0n) is 11.8. The van der Waals surface area contributed by atoms with Crippen LogP contribution in [0, 0.1) is 0 Å². The summed E-state index contributed by atoms with van der Waals surface area (Å²) in [6.07, 6.45) is 3.51. The van der Waals surface area contributed by atoms with Gasteiger partial charge in [-0.15, -0.1) is 0 Å². The van der Waals surface area contributed by atoms with E-state index in [1.165, 1.54) is 5.56 Å². The van der Waals surface area contributed by atoms with E-state index in [1.807, 2.05) is 24.3 Å². The molecule has 0 saturated heterocycles. The van der Waals surface area contributed by atoms with Gasteiger partial charge in [0.25, 0.3) is 0 Å². The zero-order valence-corrected chi connectivity index (χ0v) is 12.6. The molecule has 3 heteroatoms. The summed E-state index contributed by atoms with van der Waals surface area (Å²) in [4.78, 5) is 11.4. The number of hydrogen-bond donors (Lipinski definition) is 1. The molecule has 0 radical (unpaired) electrons. The molecule has 1 N–H and O–H groups in total. The van der Waals surface area contributed by atoms with Crippen LogP contribution in [0.1, 0.15) is 36.3 Å². The maximum Gasteiger partial charge on any atom is 0.310 e. The van der Waals surface area contributed by atoms with Crippen LogP contribution < -0.4 is 0 Å². The van der Waals surface area contributed by atoms with E-state index in [0.717, 1.165) is 24.8 Å². The molecular weight excluding hydrogens is 284 g/mol. The molecular formula is C18H19ClO2. The van der Waals surface area contributed by atoms with Gasteiger partial charge in [-0.05, 0) is 42.5 Å². The minimum absolute atomic E-state index is 0.473. The fraction of sp³-hybridized carbons (Fsp3) is 0.278. The van der Waals surface area contributed by atoms with Crippen molar-refractivity contribution in [1.82, 2.24) is 0 Å². The Morgan fingerprint density at radius 3 is 2.48 bits per heavy atom. The number of aryl methyl sites for hydroxylation is 1. The highest BCUT2D eigenvalue weighted by Crippen LogP contribution is 2.25. The lowest BCUT2D eigenvalue weighted by molar-refractivity contribution is -0.139. The Labute approximate surface area is 130 Å². The number of benzene rings is 2. The van der Waals surface area contributed by atoms with Gasteiger partial charge in [0, 0.05) is 5.02 Å². The quantitative estimate of drug-likeness (QED) is 0.737. The number of aliphatic carboxylic acids is 1. The lowest BCUT2D eigenvalue weighted by Crippen LogP contribution is -2.11. The number of rotatable bonds is 7. The molecule has 0 aliphatic carbocycles. The molecule has 2 aromatic rings. The first kappa shape index (κ1) is 15.6. The SMILES string of the molecule is O=C(O)C(CCCCc1ccccc1)c1cccc(Cl)c1. The predicted molar refractivity (Wildman–Crippen MR) is 85.8 cm³/mol. The van der Waals surface area contributed by atoms with Crippen LogP contribution in [0.25, 0.3) is 0 Å². The molecule has 0 heterocycles. The van der Waals surface area contributed by atoms with Crippen LogP contribution in [0.3, 0.4) is 0 Å². The number of carboxylic acid groups (broad SMARTS) is 1. The first-order valence-corrected chi connectivity index (χ1v) is 7.57. The summed E-state index contributed by atoms with van der Waals surface area (Å²) in [5.41, 5.74) is 2.09. The van der Waals surface area contributed by atoms with Crippen LogP contribution in [-0.2, 0) is 11.2 Å². The van der Waals surface area contributed by atoms with E-state index in [-0.39, 0.29) is 0 Å². The van der Waals surface area contributed by atoms with Crippen molar-refractivity contribution in [2.75, 3.05) is 0 Å². The summed E-state index contributed by atoms with van der Waals surface area (Å²) < 4.78 is 0. The molecule has 2 nitrogen and oxygen atoms in total. The van der Waals surface area contributed by atoms with Gasteiger partial charge in [-0.1, -0.05) is 60.5 Å². The monoisotopic (exact) mass is 302 g/mol. The molecule has 2 rings (SSSR count). The van der Waals surface area contributed by atoms with Gasteiger partial charge in [-0.3, -0.25) is 4.79 Å². The zero-order chi connectivity index (χ0) is 15.1. The molecule has 1 atom stereocenters. The summed E-state index contributed by atoms with van der Waals surface area (Å²) in [7, 11) is 0. The molecule has 0 aromatic heterocycles. The lowest BCUT2D eigenvalue weighted by Gasteiger charge is -2.13. The Bertz CT molecular complexity index is 581. The third kappa shape index (κ3) is 4.91. The fourth-order valence-electron chi connectivity index (χ4n) is 2.48. The van der Waals surface area contributed by atoms with Crippen molar-refractivity contribution in [1.29, 1.82) is 0 Å². The number of halogens is 1. The van der Waals surface area contributed by atoms with E-state index in [2.05, 4.69) is 12.1 Å². The Morgan fingerprint density at radius 1 is 1.05 bits per heavy atom. The van der Waals surface area contributed by atoms with Gasteiger partial charge in [0.2, 0.25) is 0 Å². The van der Waals surface area contributed by atoms with Crippen molar-refractivity contribution in [2.24, 2.45) is 0 Å². The van der Waals surface area contributed by atoms with Crippen LogP contribution in [0.4, 0.5) is 0 Å². The molecule has 110 valence electrons. The van der Waals surface area contributed by atoms with Gasteiger partial charge in [0.15, 0.2) is 0 Å². The number of unbranched alkanes of at least 4 members (excludes halogenated alkanes) is 1. The molecule has 0 spiro atoms. The Morgan fingerprint density at radius 2 is 1.81 bits per heavy atom. The Hall–Kier alpha value is -1.80. The molecule has 0 bridgehead atoms. The predicted octanol–water partition coefficient (Wildman–Crippen LogP) is 4.92. The molecule has 0 fully saturated rings. The topological polar surface area (TPSA) is 37.3 Å². The van der Waals surface area contributed by atoms with Crippen molar-refractivity contribution < 1.29 is 9.90 Å². The molecule has 0 aliphatic rings. The molecule has 0 saturated carbocycles. The van der Waals surface area contributed by atoms with E-state index in [9.17, 15) is 9.90 Å². The van der Waals surface area contributed by atoms with Crippen molar-refractivity contribution in [2.45, 2.75) is 31.6 Å². The molecule has 2 aromatic carbocycles. The highest BCUT2D eigenvalue weighted by molar-refractivity contribution is 6.30. The first-order chi connectivity index (χ1) is 10.2. The first-order valence-electron chi connectivity index (χ1n) is 7.19. The summed E-state index contributed by atoms with van der Waals surface area (Å²) >= 11 is 5.94. The highest BCUT2D eigenvalue weighted by Gasteiger charge is 2.19. The molecule has 0 amide bonds. The minimum Gasteiger partial charge on any atom is -0.481 e. The van der Waals surface area contributed by atoms with Gasteiger partial charge < -0.3 is 5.11 Å². The fourth-order valence-corrected chi connectivity index (χ4v) is 2.68. The summed E-state index contributed by atoms with van der Waals surface area (Å²) in [6.45, 7) is 0. The minimum atomic E-state index is -0.781. The van der Waals surface area contributed by atoms with Gasteiger partial charge in [0.1, 0.15) is 0 Å². The van der Waals surface area contributed by atoms with E-state index in [0.29, 0.717) is 11.4 Å². The largest absolute Gasteiger partial charge is 0.481 e. The van der Waals surface area contributed by atoms with E-state index >= 15 is 0 Å². The normalized spacial score (nSPS) is 12.0. The second kappa shape index (κ2) is 7.84. The third-order valence-corrected chi connectivity index (χ3v) is 3.84. The van der Waals surface area contributed by atoms with Crippen LogP contribution >= 0.6 is 11.6 Å². The maximum absolute atomic E-state index is 11.4. The lowest BCUT2D eigenvalue weighted by atomic mass is 9.93. The van der Waals surface area contributed by atoms with E-state index in [1.54, 1.807) is 18.2 Å². The molecule has 1 unspecified atom stereocenters. The highest BCUT2D eigenvalue weighted by atomic mass is 35.5. The summed E-state index contributed by atoms with van der Waals surface area (Å²) in [5.74, 6) is -1.25. The number of carboxylic acids is 1. The Balaban J connectivity index is 1.88. The van der Waals surface area contributed by atoms with Crippen LogP contribution in [-0.4, -0.2) is 11.1 Å². The Kier molecular flexibility index (Phi) is 5.82.